The van der Waals surface area contributed by atoms with Crippen LogP contribution in [0.5, 0.6) is 0 Å². The summed E-state index contributed by atoms with van der Waals surface area (Å²) >= 11 is 0. The molecule has 0 aromatic carbocycles. The molecule has 0 aliphatic rings. The summed E-state index contributed by atoms with van der Waals surface area (Å²) in [6.07, 6.45) is 6.21. The van der Waals surface area contributed by atoms with Crippen LogP contribution in [0.4, 0.5) is 4.79 Å². The van der Waals surface area contributed by atoms with Crippen LogP contribution in [-0.2, 0) is 14.2 Å². The summed E-state index contributed by atoms with van der Waals surface area (Å²) < 4.78 is 16.3. The lowest BCUT2D eigenvalue weighted by atomic mass is 10.4. The molecular weight excluding hydrogens is 284 g/mol. The Morgan fingerprint density at radius 1 is 0.818 bits per heavy atom. The van der Waals surface area contributed by atoms with Crippen molar-refractivity contribution in [2.24, 2.45) is 0 Å². The highest BCUT2D eigenvalue weighted by Crippen LogP contribution is 1.97. The summed E-state index contributed by atoms with van der Waals surface area (Å²) in [5, 5.41) is 2.73. The van der Waals surface area contributed by atoms with Crippen LogP contribution in [0.25, 0.3) is 0 Å². The van der Waals surface area contributed by atoms with Gasteiger partial charge in [0.25, 0.3) is 0 Å². The van der Waals surface area contributed by atoms with Gasteiger partial charge >= 0.3 is 6.03 Å². The summed E-state index contributed by atoms with van der Waals surface area (Å²) in [5.74, 6) is 0. The van der Waals surface area contributed by atoms with E-state index in [2.05, 4.69) is 26.1 Å². The first kappa shape index (κ1) is 21.1. The van der Waals surface area contributed by atoms with Gasteiger partial charge in [-0.2, -0.15) is 0 Å². The van der Waals surface area contributed by atoms with Gasteiger partial charge in [-0.1, -0.05) is 40.0 Å². The second-order valence-corrected chi connectivity index (χ2v) is 5.21. The minimum Gasteiger partial charge on any atom is -0.361 e. The van der Waals surface area contributed by atoms with E-state index in [1.54, 1.807) is 0 Å². The fourth-order valence-corrected chi connectivity index (χ4v) is 1.54. The van der Waals surface area contributed by atoms with Crippen molar-refractivity contribution in [1.82, 2.24) is 10.2 Å². The summed E-state index contributed by atoms with van der Waals surface area (Å²) in [7, 11) is 0. The summed E-state index contributed by atoms with van der Waals surface area (Å²) in [4.78, 5) is 13.6. The van der Waals surface area contributed by atoms with Crippen LogP contribution in [0.2, 0.25) is 0 Å². The molecule has 0 saturated carbocycles. The van der Waals surface area contributed by atoms with E-state index in [-0.39, 0.29) is 26.2 Å². The first-order chi connectivity index (χ1) is 10.8. The molecule has 0 bridgehead atoms. The van der Waals surface area contributed by atoms with Gasteiger partial charge in [0.15, 0.2) is 0 Å². The minimum atomic E-state index is -0.218. The molecular formula is C16H34N2O4. The quantitative estimate of drug-likeness (QED) is 0.372. The van der Waals surface area contributed by atoms with Gasteiger partial charge in [-0.25, -0.2) is 4.79 Å². The Balaban J connectivity index is 3.97. The number of rotatable bonds is 15. The average Bonchev–Trinajstić information content (AvgIpc) is 2.53. The smallest absolute Gasteiger partial charge is 0.322 e. The number of carbonyl (C=O) groups excluding carboxylic acids is 1. The predicted octanol–water partition coefficient (Wildman–Crippen LogP) is 3.32. The monoisotopic (exact) mass is 318 g/mol. The maximum absolute atomic E-state index is 12.1. The second-order valence-electron chi connectivity index (χ2n) is 5.21. The van der Waals surface area contributed by atoms with Gasteiger partial charge in [-0.3, -0.25) is 4.90 Å². The molecule has 0 atom stereocenters. The number of nitrogens with zero attached hydrogens (tertiary/aromatic N) is 1. The number of unbranched alkanes of at least 4 members (excludes halogenated alkanes) is 3. The first-order valence-electron chi connectivity index (χ1n) is 8.52. The topological polar surface area (TPSA) is 60.0 Å². The summed E-state index contributed by atoms with van der Waals surface area (Å²) in [6, 6.07) is -0.218. The molecule has 6 heteroatoms. The molecule has 0 fully saturated rings. The van der Waals surface area contributed by atoms with E-state index >= 15 is 0 Å². The zero-order valence-corrected chi connectivity index (χ0v) is 14.6. The van der Waals surface area contributed by atoms with Crippen molar-refractivity contribution in [3.63, 3.8) is 0 Å². The average molecular weight is 318 g/mol. The maximum Gasteiger partial charge on any atom is 0.322 e. The number of amides is 2. The zero-order valence-electron chi connectivity index (χ0n) is 14.6. The van der Waals surface area contributed by atoms with Crippen molar-refractivity contribution < 1.29 is 19.0 Å². The highest BCUT2D eigenvalue weighted by molar-refractivity contribution is 5.73. The number of ether oxygens (including phenoxy) is 3. The molecule has 0 heterocycles. The highest BCUT2D eigenvalue weighted by atomic mass is 16.5. The number of nitrogens with one attached hydrogen (secondary N) is 1. The van der Waals surface area contributed by atoms with Crippen molar-refractivity contribution in [1.29, 1.82) is 0 Å². The molecule has 0 unspecified atom stereocenters. The third-order valence-corrected chi connectivity index (χ3v) is 3.03. The van der Waals surface area contributed by atoms with E-state index in [0.717, 1.165) is 38.5 Å². The summed E-state index contributed by atoms with van der Waals surface area (Å²) in [5.41, 5.74) is 0. The second kappa shape index (κ2) is 16.5. The normalized spacial score (nSPS) is 10.7. The van der Waals surface area contributed by atoms with Gasteiger partial charge in [0.05, 0.1) is 0 Å². The Hall–Kier alpha value is -0.850. The summed E-state index contributed by atoms with van der Waals surface area (Å²) in [6.45, 7) is 9.00. The standard InChI is InChI=1S/C16H34N2O4/c1-4-7-10-20-13-17-16(19)18(14-21-11-8-5-2)15-22-12-9-6-3/h4-15H2,1-3H3,(H,17,19). The highest BCUT2D eigenvalue weighted by Gasteiger charge is 2.13. The van der Waals surface area contributed by atoms with Crippen molar-refractivity contribution >= 4 is 6.03 Å². The molecule has 0 aromatic heterocycles. The molecule has 0 radical (unpaired) electrons. The van der Waals surface area contributed by atoms with E-state index in [9.17, 15) is 4.79 Å². The minimum absolute atomic E-state index is 0.218. The SMILES string of the molecule is CCCCOCNC(=O)N(COCCCC)COCCCC. The van der Waals surface area contributed by atoms with E-state index < -0.39 is 0 Å². The van der Waals surface area contributed by atoms with Crippen LogP contribution in [0.1, 0.15) is 59.3 Å². The Morgan fingerprint density at radius 3 is 1.73 bits per heavy atom. The molecule has 0 aromatic rings. The van der Waals surface area contributed by atoms with E-state index in [1.165, 1.54) is 4.90 Å². The Kier molecular flexibility index (Phi) is 15.9. The van der Waals surface area contributed by atoms with Crippen molar-refractivity contribution in [3.05, 3.63) is 0 Å². The molecule has 6 nitrogen and oxygen atoms in total. The Labute approximate surface area is 135 Å². The Bertz CT molecular complexity index is 240. The third-order valence-electron chi connectivity index (χ3n) is 3.03. The van der Waals surface area contributed by atoms with E-state index in [1.807, 2.05) is 0 Å². The Morgan fingerprint density at radius 2 is 1.27 bits per heavy atom. The van der Waals surface area contributed by atoms with Crippen molar-refractivity contribution in [2.45, 2.75) is 59.3 Å². The fraction of sp³-hybridized carbons (Fsp3) is 0.938. The molecule has 0 rings (SSSR count). The molecule has 2 amide bonds. The predicted molar refractivity (Wildman–Crippen MR) is 87.6 cm³/mol. The molecule has 22 heavy (non-hydrogen) atoms. The van der Waals surface area contributed by atoms with Gasteiger partial charge in [0.1, 0.15) is 20.2 Å². The van der Waals surface area contributed by atoms with Crippen LogP contribution in [0.15, 0.2) is 0 Å². The first-order valence-corrected chi connectivity index (χ1v) is 8.52. The number of hydrogen-bond donors (Lipinski definition) is 1. The van der Waals surface area contributed by atoms with Crippen LogP contribution < -0.4 is 5.32 Å². The van der Waals surface area contributed by atoms with Crippen molar-refractivity contribution in [3.8, 4) is 0 Å². The lowest BCUT2D eigenvalue weighted by molar-refractivity contribution is -0.0241. The van der Waals surface area contributed by atoms with E-state index in [0.29, 0.717) is 19.8 Å². The molecule has 0 aliphatic carbocycles. The van der Waals surface area contributed by atoms with Gasteiger partial charge in [-0.15, -0.1) is 0 Å². The van der Waals surface area contributed by atoms with Crippen LogP contribution >= 0.6 is 0 Å². The lowest BCUT2D eigenvalue weighted by Crippen LogP contribution is -2.43. The third kappa shape index (κ3) is 12.9. The van der Waals surface area contributed by atoms with Crippen LogP contribution in [0.3, 0.4) is 0 Å². The zero-order chi connectivity index (χ0) is 16.5. The van der Waals surface area contributed by atoms with E-state index in [4.69, 9.17) is 14.2 Å². The van der Waals surface area contributed by atoms with Gasteiger partial charge in [0, 0.05) is 19.8 Å². The van der Waals surface area contributed by atoms with Crippen molar-refractivity contribution in [2.75, 3.05) is 40.0 Å². The van der Waals surface area contributed by atoms with Crippen LogP contribution in [-0.4, -0.2) is 50.9 Å². The number of urea groups is 1. The van der Waals surface area contributed by atoms with Gasteiger partial charge in [0.2, 0.25) is 0 Å². The molecule has 0 saturated heterocycles. The van der Waals surface area contributed by atoms with Gasteiger partial charge < -0.3 is 19.5 Å². The number of carbonyl (C=O) groups is 1. The van der Waals surface area contributed by atoms with Crippen LogP contribution in [0, 0.1) is 0 Å². The lowest BCUT2D eigenvalue weighted by Gasteiger charge is -2.22. The molecule has 1 N–H and O–H groups in total. The molecule has 132 valence electrons. The largest absolute Gasteiger partial charge is 0.361 e. The fourth-order valence-electron chi connectivity index (χ4n) is 1.54. The molecule has 0 aliphatic heterocycles. The number of hydrogen-bond acceptors (Lipinski definition) is 4. The van der Waals surface area contributed by atoms with Gasteiger partial charge in [-0.05, 0) is 19.3 Å². The molecule has 0 spiro atoms. The maximum atomic E-state index is 12.1.